The maximum atomic E-state index is 12.5. The number of nitrogens with one attached hydrogen (secondary N) is 1. The van der Waals surface area contributed by atoms with Gasteiger partial charge in [0.15, 0.2) is 5.16 Å². The molecule has 3 rings (SSSR count). The minimum absolute atomic E-state index is 0.0490. The molecule has 0 radical (unpaired) electrons. The molecule has 3 aromatic rings. The largest absolute Gasteiger partial charge is 0.497 e. The summed E-state index contributed by atoms with van der Waals surface area (Å²) in [5.74, 6) is 1.51. The first-order valence-electron chi connectivity index (χ1n) is 9.33. The van der Waals surface area contributed by atoms with Crippen LogP contribution in [0.2, 0.25) is 0 Å². The average Bonchev–Trinajstić information content (AvgIpc) is 3.14. The number of rotatable bonds is 10. The van der Waals surface area contributed by atoms with Gasteiger partial charge in [0.1, 0.15) is 11.6 Å². The molecule has 1 N–H and O–H groups in total. The second-order valence-corrected chi connectivity index (χ2v) is 7.41. The van der Waals surface area contributed by atoms with Crippen molar-refractivity contribution in [1.29, 1.82) is 0 Å². The van der Waals surface area contributed by atoms with E-state index in [1.54, 1.807) is 49.6 Å². The van der Waals surface area contributed by atoms with E-state index in [0.717, 1.165) is 5.56 Å². The second-order valence-electron chi connectivity index (χ2n) is 6.47. The Hall–Kier alpha value is -3.66. The highest BCUT2D eigenvalue weighted by Gasteiger charge is 2.16. The molecule has 160 valence electrons. The molecule has 0 fully saturated rings. The topological polar surface area (TPSA) is 112 Å². The molecule has 1 aromatic heterocycles. The van der Waals surface area contributed by atoms with Crippen LogP contribution in [0.5, 0.6) is 5.75 Å². The highest BCUT2D eigenvalue weighted by atomic mass is 32.2. The van der Waals surface area contributed by atoms with Gasteiger partial charge in [-0.3, -0.25) is 14.9 Å². The summed E-state index contributed by atoms with van der Waals surface area (Å²) >= 11 is 1.43. The second kappa shape index (κ2) is 10.4. The Bertz CT molecular complexity index is 1080. The molecular weight excluding hydrogens is 418 g/mol. The fraction of sp³-hybridized carbons (Fsp3) is 0.190. The van der Waals surface area contributed by atoms with Crippen LogP contribution in [0.15, 0.2) is 66.3 Å². The van der Waals surface area contributed by atoms with E-state index in [1.165, 1.54) is 23.9 Å². The summed E-state index contributed by atoms with van der Waals surface area (Å²) < 4.78 is 6.99. The molecule has 2 aromatic carbocycles. The summed E-state index contributed by atoms with van der Waals surface area (Å²) in [4.78, 5) is 22.8. The Labute approximate surface area is 183 Å². The van der Waals surface area contributed by atoms with E-state index in [4.69, 9.17) is 4.74 Å². The summed E-state index contributed by atoms with van der Waals surface area (Å²) in [5.41, 5.74) is 1.60. The quantitative estimate of drug-likeness (QED) is 0.221. The lowest BCUT2D eigenvalue weighted by atomic mass is 10.2. The van der Waals surface area contributed by atoms with Gasteiger partial charge >= 0.3 is 0 Å². The van der Waals surface area contributed by atoms with Gasteiger partial charge in [0.05, 0.1) is 18.5 Å². The number of thioether (sulfide) groups is 1. The van der Waals surface area contributed by atoms with Gasteiger partial charge in [-0.25, -0.2) is 0 Å². The zero-order valence-electron chi connectivity index (χ0n) is 16.9. The monoisotopic (exact) mass is 439 g/mol. The van der Waals surface area contributed by atoms with Crippen molar-refractivity contribution in [2.75, 3.05) is 12.4 Å². The van der Waals surface area contributed by atoms with E-state index in [0.29, 0.717) is 34.7 Å². The van der Waals surface area contributed by atoms with Crippen molar-refractivity contribution in [3.63, 3.8) is 0 Å². The molecule has 0 saturated heterocycles. The molecule has 0 atom stereocenters. The summed E-state index contributed by atoms with van der Waals surface area (Å²) in [6.07, 6.45) is 1.76. The zero-order chi connectivity index (χ0) is 22.2. The number of nitro benzene ring substituents is 1. The molecule has 0 aliphatic rings. The Kier molecular flexibility index (Phi) is 7.39. The van der Waals surface area contributed by atoms with Crippen LogP contribution in [-0.4, -0.2) is 32.7 Å². The standard InChI is InChI=1S/C21H21N5O4S/c1-3-11-25-19(13-20(27)22-16-5-4-6-18(12-16)30-2)23-24-21(25)31-14-15-7-9-17(10-8-15)26(28)29/h3-10,12H,1,11,13-14H2,2H3,(H,22,27). The number of allylic oxidation sites excluding steroid dienone is 1. The summed E-state index contributed by atoms with van der Waals surface area (Å²) in [6.45, 7) is 4.22. The van der Waals surface area contributed by atoms with Crippen LogP contribution in [0.25, 0.3) is 0 Å². The zero-order valence-corrected chi connectivity index (χ0v) is 17.7. The average molecular weight is 439 g/mol. The van der Waals surface area contributed by atoms with Gasteiger partial charge in [-0.2, -0.15) is 0 Å². The van der Waals surface area contributed by atoms with Crippen LogP contribution >= 0.6 is 11.8 Å². The number of carbonyl (C=O) groups excluding carboxylic acids is 1. The molecule has 0 spiro atoms. The van der Waals surface area contributed by atoms with Gasteiger partial charge in [-0.1, -0.05) is 36.0 Å². The van der Waals surface area contributed by atoms with Crippen molar-refractivity contribution in [2.24, 2.45) is 0 Å². The predicted octanol–water partition coefficient (Wildman–Crippen LogP) is 3.85. The minimum Gasteiger partial charge on any atom is -0.497 e. The minimum atomic E-state index is -0.430. The number of methoxy groups -OCH3 is 1. The number of hydrogen-bond acceptors (Lipinski definition) is 7. The van der Waals surface area contributed by atoms with Gasteiger partial charge < -0.3 is 14.6 Å². The number of hydrogen-bond donors (Lipinski definition) is 1. The number of amides is 1. The smallest absolute Gasteiger partial charge is 0.269 e. The lowest BCUT2D eigenvalue weighted by Crippen LogP contribution is -2.17. The van der Waals surface area contributed by atoms with E-state index < -0.39 is 4.92 Å². The molecular formula is C21H21N5O4S. The predicted molar refractivity (Wildman–Crippen MR) is 118 cm³/mol. The van der Waals surface area contributed by atoms with E-state index in [2.05, 4.69) is 22.1 Å². The maximum absolute atomic E-state index is 12.5. The molecule has 0 bridgehead atoms. The van der Waals surface area contributed by atoms with Crippen LogP contribution in [0.3, 0.4) is 0 Å². The van der Waals surface area contributed by atoms with Gasteiger partial charge in [0, 0.05) is 36.2 Å². The maximum Gasteiger partial charge on any atom is 0.269 e. The molecule has 10 heteroatoms. The molecule has 0 aliphatic carbocycles. The number of ether oxygens (including phenoxy) is 1. The van der Waals surface area contributed by atoms with Gasteiger partial charge in [0.25, 0.3) is 5.69 Å². The van der Waals surface area contributed by atoms with Crippen LogP contribution in [-0.2, 0) is 23.5 Å². The SMILES string of the molecule is C=CCn1c(CC(=O)Nc2cccc(OC)c2)nnc1SCc1ccc([N+](=O)[O-])cc1. The van der Waals surface area contributed by atoms with Crippen molar-refractivity contribution >= 4 is 29.0 Å². The Morgan fingerprint density at radius 3 is 2.74 bits per heavy atom. The summed E-state index contributed by atoms with van der Waals surface area (Å²) in [7, 11) is 1.56. The van der Waals surface area contributed by atoms with Crippen molar-refractivity contribution in [3.05, 3.63) is 82.7 Å². The first-order valence-corrected chi connectivity index (χ1v) is 10.3. The third kappa shape index (κ3) is 5.92. The molecule has 0 aliphatic heterocycles. The number of carbonyl (C=O) groups is 1. The molecule has 0 saturated carbocycles. The fourth-order valence-corrected chi connectivity index (χ4v) is 3.70. The van der Waals surface area contributed by atoms with E-state index in [1.807, 2.05) is 4.57 Å². The van der Waals surface area contributed by atoms with Crippen molar-refractivity contribution in [3.8, 4) is 5.75 Å². The number of non-ortho nitro benzene ring substituents is 1. The van der Waals surface area contributed by atoms with Crippen LogP contribution in [0, 0.1) is 10.1 Å². The van der Waals surface area contributed by atoms with E-state index >= 15 is 0 Å². The van der Waals surface area contributed by atoms with Crippen LogP contribution in [0.1, 0.15) is 11.4 Å². The van der Waals surface area contributed by atoms with E-state index in [9.17, 15) is 14.9 Å². The Balaban J connectivity index is 1.66. The van der Waals surface area contributed by atoms with Crippen LogP contribution in [0.4, 0.5) is 11.4 Å². The molecule has 0 unspecified atom stereocenters. The number of benzene rings is 2. The Morgan fingerprint density at radius 1 is 1.29 bits per heavy atom. The highest BCUT2D eigenvalue weighted by Crippen LogP contribution is 2.24. The first-order chi connectivity index (χ1) is 15.0. The highest BCUT2D eigenvalue weighted by molar-refractivity contribution is 7.98. The van der Waals surface area contributed by atoms with Crippen molar-refractivity contribution in [2.45, 2.75) is 23.9 Å². The van der Waals surface area contributed by atoms with E-state index in [-0.39, 0.29) is 18.0 Å². The molecule has 31 heavy (non-hydrogen) atoms. The third-order valence-corrected chi connectivity index (χ3v) is 5.33. The van der Waals surface area contributed by atoms with Crippen molar-refractivity contribution < 1.29 is 14.5 Å². The molecule has 1 heterocycles. The molecule has 9 nitrogen and oxygen atoms in total. The number of nitro groups is 1. The van der Waals surface area contributed by atoms with Gasteiger partial charge in [-0.05, 0) is 17.7 Å². The summed E-state index contributed by atoms with van der Waals surface area (Å²) in [6, 6.07) is 13.5. The fourth-order valence-electron chi connectivity index (χ4n) is 2.78. The Morgan fingerprint density at radius 2 is 2.06 bits per heavy atom. The first kappa shape index (κ1) is 22.0. The number of anilines is 1. The lowest BCUT2D eigenvalue weighted by Gasteiger charge is -2.09. The normalized spacial score (nSPS) is 10.5. The van der Waals surface area contributed by atoms with Gasteiger partial charge in [0.2, 0.25) is 5.91 Å². The van der Waals surface area contributed by atoms with Gasteiger partial charge in [-0.15, -0.1) is 16.8 Å². The van der Waals surface area contributed by atoms with Crippen molar-refractivity contribution in [1.82, 2.24) is 14.8 Å². The number of nitrogens with zero attached hydrogens (tertiary/aromatic N) is 4. The van der Waals surface area contributed by atoms with Crippen LogP contribution < -0.4 is 10.1 Å². The molecule has 1 amide bonds. The number of aromatic nitrogens is 3. The third-order valence-electron chi connectivity index (χ3n) is 4.29. The lowest BCUT2D eigenvalue weighted by molar-refractivity contribution is -0.384. The summed E-state index contributed by atoms with van der Waals surface area (Å²) in [5, 5.41) is 22.6.